The number of nitrogens with two attached hydrogens (primary N) is 1. The van der Waals surface area contributed by atoms with Crippen LogP contribution >= 0.6 is 35.0 Å². The molecular weight excluding hydrogens is 273 g/mol. The molecular formula is C13H11Cl2NS. The molecule has 0 aliphatic carbocycles. The molecule has 0 radical (unpaired) electrons. The second kappa shape index (κ2) is 5.21. The van der Waals surface area contributed by atoms with Gasteiger partial charge in [0.05, 0.1) is 10.0 Å². The maximum atomic E-state index is 6.13. The Labute approximate surface area is 115 Å². The smallest absolute Gasteiger partial charge is 0.0581 e. The highest BCUT2D eigenvalue weighted by Gasteiger charge is 2.09. The molecule has 0 aromatic heterocycles. The molecule has 1 nitrogen and oxygen atoms in total. The van der Waals surface area contributed by atoms with Crippen LogP contribution in [0, 0.1) is 6.92 Å². The third-order valence-electron chi connectivity index (χ3n) is 2.26. The van der Waals surface area contributed by atoms with E-state index in [1.807, 2.05) is 12.1 Å². The fourth-order valence-corrected chi connectivity index (χ4v) is 2.96. The van der Waals surface area contributed by atoms with E-state index in [0.717, 1.165) is 9.79 Å². The first-order chi connectivity index (χ1) is 8.06. The van der Waals surface area contributed by atoms with E-state index in [1.165, 1.54) is 17.3 Å². The molecule has 2 aromatic carbocycles. The predicted octanol–water partition coefficient (Wildman–Crippen LogP) is 5.04. The summed E-state index contributed by atoms with van der Waals surface area (Å²) in [5.41, 5.74) is 7.47. The molecule has 0 heterocycles. The van der Waals surface area contributed by atoms with Crippen LogP contribution in [0.1, 0.15) is 5.56 Å². The number of hydrogen-bond donors (Lipinski definition) is 1. The second-order valence-corrected chi connectivity index (χ2v) is 5.63. The number of anilines is 1. The van der Waals surface area contributed by atoms with Gasteiger partial charge in [0.2, 0.25) is 0 Å². The molecule has 0 unspecified atom stereocenters. The monoisotopic (exact) mass is 283 g/mol. The lowest BCUT2D eigenvalue weighted by Gasteiger charge is -2.08. The van der Waals surface area contributed by atoms with Gasteiger partial charge >= 0.3 is 0 Å². The average molecular weight is 284 g/mol. The second-order valence-electron chi connectivity index (χ2n) is 3.73. The predicted molar refractivity (Wildman–Crippen MR) is 76.2 cm³/mol. The van der Waals surface area contributed by atoms with Gasteiger partial charge < -0.3 is 5.73 Å². The van der Waals surface area contributed by atoms with Crippen LogP contribution in [-0.2, 0) is 0 Å². The highest BCUT2D eigenvalue weighted by Crippen LogP contribution is 2.39. The fraction of sp³-hybridized carbons (Fsp3) is 0.0769. The molecule has 4 heteroatoms. The lowest BCUT2D eigenvalue weighted by molar-refractivity contribution is 1.36. The molecule has 0 saturated heterocycles. The van der Waals surface area contributed by atoms with Crippen molar-refractivity contribution >= 4 is 40.7 Å². The SMILES string of the molecule is Cc1ccc(Sc2c(Cl)cc(N)cc2Cl)cc1. The number of halogens is 2. The first-order valence-electron chi connectivity index (χ1n) is 5.05. The maximum absolute atomic E-state index is 6.13. The molecule has 2 rings (SSSR count). The van der Waals surface area contributed by atoms with Gasteiger partial charge in [-0.15, -0.1) is 0 Å². The molecule has 0 aliphatic rings. The Morgan fingerprint density at radius 1 is 1.00 bits per heavy atom. The van der Waals surface area contributed by atoms with Gasteiger partial charge in [-0.3, -0.25) is 0 Å². The summed E-state index contributed by atoms with van der Waals surface area (Å²) in [6.07, 6.45) is 0. The van der Waals surface area contributed by atoms with Crippen molar-refractivity contribution in [2.24, 2.45) is 0 Å². The Kier molecular flexibility index (Phi) is 3.87. The van der Waals surface area contributed by atoms with Crippen molar-refractivity contribution < 1.29 is 0 Å². The first kappa shape index (κ1) is 12.6. The van der Waals surface area contributed by atoms with E-state index in [0.29, 0.717) is 15.7 Å². The summed E-state index contributed by atoms with van der Waals surface area (Å²) in [4.78, 5) is 1.94. The minimum absolute atomic E-state index is 0.577. The van der Waals surface area contributed by atoms with Gasteiger partial charge in [-0.1, -0.05) is 52.7 Å². The first-order valence-corrected chi connectivity index (χ1v) is 6.62. The molecule has 2 aromatic rings. The highest BCUT2D eigenvalue weighted by atomic mass is 35.5. The number of aryl methyl sites for hydroxylation is 1. The Morgan fingerprint density at radius 3 is 2.06 bits per heavy atom. The van der Waals surface area contributed by atoms with E-state index in [-0.39, 0.29) is 0 Å². The van der Waals surface area contributed by atoms with E-state index >= 15 is 0 Å². The summed E-state index contributed by atoms with van der Waals surface area (Å²) in [6, 6.07) is 11.6. The summed E-state index contributed by atoms with van der Waals surface area (Å²) in [6.45, 7) is 2.05. The minimum Gasteiger partial charge on any atom is -0.399 e. The number of hydrogen-bond acceptors (Lipinski definition) is 2. The Balaban J connectivity index is 2.33. The normalized spacial score (nSPS) is 10.5. The summed E-state index contributed by atoms with van der Waals surface area (Å²) in [7, 11) is 0. The lowest BCUT2D eigenvalue weighted by Crippen LogP contribution is -1.86. The molecule has 2 N–H and O–H groups in total. The summed E-state index contributed by atoms with van der Waals surface area (Å²) >= 11 is 13.8. The van der Waals surface area contributed by atoms with Crippen molar-refractivity contribution in [1.82, 2.24) is 0 Å². The number of rotatable bonds is 2. The highest BCUT2D eigenvalue weighted by molar-refractivity contribution is 7.99. The van der Waals surface area contributed by atoms with Crippen molar-refractivity contribution in [3.05, 3.63) is 52.0 Å². The van der Waals surface area contributed by atoms with Crippen molar-refractivity contribution in [3.8, 4) is 0 Å². The molecule has 0 aliphatic heterocycles. The van der Waals surface area contributed by atoms with E-state index in [2.05, 4.69) is 19.1 Å². The van der Waals surface area contributed by atoms with Gasteiger partial charge in [0.15, 0.2) is 0 Å². The third-order valence-corrected chi connectivity index (χ3v) is 4.23. The topological polar surface area (TPSA) is 26.0 Å². The number of benzene rings is 2. The summed E-state index contributed by atoms with van der Waals surface area (Å²) in [5, 5.41) is 1.17. The van der Waals surface area contributed by atoms with E-state index < -0.39 is 0 Å². The van der Waals surface area contributed by atoms with Crippen LogP contribution in [0.25, 0.3) is 0 Å². The zero-order chi connectivity index (χ0) is 12.4. The zero-order valence-electron chi connectivity index (χ0n) is 9.21. The van der Waals surface area contributed by atoms with Crippen LogP contribution in [0.15, 0.2) is 46.2 Å². The largest absolute Gasteiger partial charge is 0.399 e. The van der Waals surface area contributed by atoms with Crippen LogP contribution in [0.5, 0.6) is 0 Å². The molecule has 0 fully saturated rings. The average Bonchev–Trinajstić information content (AvgIpc) is 2.26. The van der Waals surface area contributed by atoms with Gasteiger partial charge in [-0.05, 0) is 31.2 Å². The van der Waals surface area contributed by atoms with Crippen molar-refractivity contribution in [1.29, 1.82) is 0 Å². The molecule has 0 atom stereocenters. The fourth-order valence-electron chi connectivity index (χ4n) is 1.40. The maximum Gasteiger partial charge on any atom is 0.0581 e. The van der Waals surface area contributed by atoms with E-state index in [1.54, 1.807) is 12.1 Å². The van der Waals surface area contributed by atoms with Crippen LogP contribution in [0.3, 0.4) is 0 Å². The molecule has 0 saturated carbocycles. The standard InChI is InChI=1S/C13H11Cl2NS/c1-8-2-4-10(5-3-8)17-13-11(14)6-9(16)7-12(13)15/h2-7H,16H2,1H3. The number of nitrogen functional groups attached to an aromatic ring is 1. The van der Waals surface area contributed by atoms with Crippen LogP contribution in [0.4, 0.5) is 5.69 Å². The molecule has 17 heavy (non-hydrogen) atoms. The molecule has 88 valence electrons. The quantitative estimate of drug-likeness (QED) is 0.782. The summed E-state index contributed by atoms with van der Waals surface area (Å²) < 4.78 is 0. The Hall–Kier alpha value is -0.830. The summed E-state index contributed by atoms with van der Waals surface area (Å²) in [5.74, 6) is 0. The third kappa shape index (κ3) is 3.09. The van der Waals surface area contributed by atoms with Crippen molar-refractivity contribution in [2.75, 3.05) is 5.73 Å². The molecule has 0 amide bonds. The van der Waals surface area contributed by atoms with E-state index in [9.17, 15) is 0 Å². The van der Waals surface area contributed by atoms with Crippen molar-refractivity contribution in [3.63, 3.8) is 0 Å². The van der Waals surface area contributed by atoms with Gasteiger partial charge in [0.1, 0.15) is 0 Å². The zero-order valence-corrected chi connectivity index (χ0v) is 11.5. The minimum atomic E-state index is 0.577. The van der Waals surface area contributed by atoms with Crippen LogP contribution in [0.2, 0.25) is 10.0 Å². The van der Waals surface area contributed by atoms with Gasteiger partial charge in [0, 0.05) is 15.5 Å². The van der Waals surface area contributed by atoms with Gasteiger partial charge in [0.25, 0.3) is 0 Å². The Morgan fingerprint density at radius 2 is 1.53 bits per heavy atom. The Bertz CT molecular complexity index is 515. The molecule has 0 spiro atoms. The lowest BCUT2D eigenvalue weighted by atomic mass is 10.2. The van der Waals surface area contributed by atoms with Gasteiger partial charge in [-0.25, -0.2) is 0 Å². The van der Waals surface area contributed by atoms with Crippen LogP contribution < -0.4 is 5.73 Å². The van der Waals surface area contributed by atoms with Crippen molar-refractivity contribution in [2.45, 2.75) is 16.7 Å². The van der Waals surface area contributed by atoms with E-state index in [4.69, 9.17) is 28.9 Å². The molecule has 0 bridgehead atoms. The van der Waals surface area contributed by atoms with Crippen LogP contribution in [-0.4, -0.2) is 0 Å². The van der Waals surface area contributed by atoms with Gasteiger partial charge in [-0.2, -0.15) is 0 Å².